The van der Waals surface area contributed by atoms with Crippen LogP contribution in [0.4, 0.5) is 0 Å². The lowest BCUT2D eigenvalue weighted by Crippen LogP contribution is -2.37. The normalized spacial score (nSPS) is 23.6. The first-order valence-corrected chi connectivity index (χ1v) is 6.83. The molecule has 3 N–H and O–H groups in total. The first-order chi connectivity index (χ1) is 9.59. The maximum Gasteiger partial charge on any atom is 0.179 e. The number of aliphatic hydroxyl groups excluding tert-OH is 1. The predicted molar refractivity (Wildman–Crippen MR) is 76.4 cm³/mol. The van der Waals surface area contributed by atoms with Crippen molar-refractivity contribution in [1.29, 1.82) is 0 Å². The Bertz CT molecular complexity index is 474. The van der Waals surface area contributed by atoms with Crippen LogP contribution >= 0.6 is 11.6 Å². The number of rotatable bonds is 5. The molecule has 1 saturated heterocycles. The minimum atomic E-state index is -0.803. The predicted octanol–water partition coefficient (Wildman–Crippen LogP) is 1.76. The summed E-state index contributed by atoms with van der Waals surface area (Å²) in [5.41, 5.74) is 5.93. The van der Waals surface area contributed by atoms with Crippen LogP contribution in [0.3, 0.4) is 0 Å². The molecule has 6 heteroatoms. The molecular formula is C14H20ClNO4. The highest BCUT2D eigenvalue weighted by atomic mass is 35.5. The zero-order valence-corrected chi connectivity index (χ0v) is 12.4. The molecule has 1 heterocycles. The highest BCUT2D eigenvalue weighted by Gasteiger charge is 2.42. The molecule has 2 rings (SSSR count). The largest absolute Gasteiger partial charge is 0.493 e. The molecule has 0 saturated carbocycles. The van der Waals surface area contributed by atoms with Crippen LogP contribution in [-0.2, 0) is 4.74 Å². The van der Waals surface area contributed by atoms with Gasteiger partial charge >= 0.3 is 0 Å². The molecule has 20 heavy (non-hydrogen) atoms. The Labute approximate surface area is 123 Å². The second-order valence-electron chi connectivity index (χ2n) is 4.98. The quantitative estimate of drug-likeness (QED) is 0.867. The minimum absolute atomic E-state index is 0.332. The smallest absolute Gasteiger partial charge is 0.179 e. The van der Waals surface area contributed by atoms with Crippen molar-refractivity contribution in [3.63, 3.8) is 0 Å². The van der Waals surface area contributed by atoms with Gasteiger partial charge in [0.15, 0.2) is 11.5 Å². The van der Waals surface area contributed by atoms with Gasteiger partial charge in [0.25, 0.3) is 0 Å². The van der Waals surface area contributed by atoms with Crippen LogP contribution < -0.4 is 15.2 Å². The highest BCUT2D eigenvalue weighted by molar-refractivity contribution is 6.33. The number of methoxy groups -OCH3 is 2. The summed E-state index contributed by atoms with van der Waals surface area (Å²) in [6.07, 6.45) is -0.0997. The van der Waals surface area contributed by atoms with E-state index in [1.807, 2.05) is 0 Å². The van der Waals surface area contributed by atoms with Crippen molar-refractivity contribution in [3.8, 4) is 11.5 Å². The molecule has 1 aromatic rings. The van der Waals surface area contributed by atoms with Crippen molar-refractivity contribution in [1.82, 2.24) is 0 Å². The van der Waals surface area contributed by atoms with Gasteiger partial charge in [0, 0.05) is 24.1 Å². The number of aliphatic hydroxyl groups is 1. The van der Waals surface area contributed by atoms with Gasteiger partial charge in [0.1, 0.15) is 0 Å². The highest BCUT2D eigenvalue weighted by Crippen LogP contribution is 2.46. The van der Waals surface area contributed by atoms with Gasteiger partial charge in [-0.05, 0) is 12.5 Å². The fourth-order valence-corrected chi connectivity index (χ4v) is 2.89. The second kappa shape index (κ2) is 6.18. The van der Waals surface area contributed by atoms with Gasteiger partial charge in [0.05, 0.1) is 32.0 Å². The van der Waals surface area contributed by atoms with E-state index in [0.29, 0.717) is 48.3 Å². The van der Waals surface area contributed by atoms with E-state index in [0.717, 1.165) is 0 Å². The molecule has 1 aliphatic rings. The zero-order valence-electron chi connectivity index (χ0n) is 11.7. The number of ether oxygens (including phenoxy) is 3. The molecule has 1 aliphatic heterocycles. The minimum Gasteiger partial charge on any atom is -0.493 e. The average Bonchev–Trinajstić information content (AvgIpc) is 2.96. The lowest BCUT2D eigenvalue weighted by Gasteiger charge is -2.32. The standard InChI is InChI=1S/C14H20ClNO4/c1-18-10-4-3-9(11(15)12(10)19-2)13(17)14(7-16)5-6-20-8-14/h3-4,13,17H,5-8,16H2,1-2H3. The van der Waals surface area contributed by atoms with Gasteiger partial charge in [-0.15, -0.1) is 0 Å². The molecule has 2 unspecified atom stereocenters. The third-order valence-electron chi connectivity index (χ3n) is 3.93. The van der Waals surface area contributed by atoms with Crippen molar-refractivity contribution in [2.24, 2.45) is 11.1 Å². The number of halogens is 1. The van der Waals surface area contributed by atoms with Gasteiger partial charge in [-0.1, -0.05) is 17.7 Å². The van der Waals surface area contributed by atoms with E-state index in [-0.39, 0.29) is 0 Å². The fraction of sp³-hybridized carbons (Fsp3) is 0.571. The first kappa shape index (κ1) is 15.4. The third-order valence-corrected chi connectivity index (χ3v) is 4.32. The molecule has 112 valence electrons. The summed E-state index contributed by atoms with van der Waals surface area (Å²) in [5.74, 6) is 0.940. The number of hydrogen-bond acceptors (Lipinski definition) is 5. The van der Waals surface area contributed by atoms with E-state index >= 15 is 0 Å². The van der Waals surface area contributed by atoms with Crippen molar-refractivity contribution < 1.29 is 19.3 Å². The van der Waals surface area contributed by atoms with Gasteiger partial charge in [-0.25, -0.2) is 0 Å². The molecule has 0 spiro atoms. The van der Waals surface area contributed by atoms with Crippen molar-refractivity contribution in [2.75, 3.05) is 34.0 Å². The summed E-state index contributed by atoms with van der Waals surface area (Å²) >= 11 is 6.34. The van der Waals surface area contributed by atoms with Gasteiger partial charge in [-0.3, -0.25) is 0 Å². The van der Waals surface area contributed by atoms with E-state index in [2.05, 4.69) is 0 Å². The molecule has 5 nitrogen and oxygen atoms in total. The Morgan fingerprint density at radius 3 is 2.70 bits per heavy atom. The first-order valence-electron chi connectivity index (χ1n) is 6.46. The zero-order chi connectivity index (χ0) is 14.8. The summed E-state index contributed by atoms with van der Waals surface area (Å²) < 4.78 is 15.8. The lowest BCUT2D eigenvalue weighted by molar-refractivity contribution is 0.0190. The van der Waals surface area contributed by atoms with E-state index in [4.69, 9.17) is 31.5 Å². The van der Waals surface area contributed by atoms with Crippen LogP contribution in [0, 0.1) is 5.41 Å². The van der Waals surface area contributed by atoms with Crippen molar-refractivity contribution in [2.45, 2.75) is 12.5 Å². The van der Waals surface area contributed by atoms with Gasteiger partial charge < -0.3 is 25.1 Å². The van der Waals surface area contributed by atoms with Crippen LogP contribution in [0.1, 0.15) is 18.1 Å². The Morgan fingerprint density at radius 1 is 1.45 bits per heavy atom. The Kier molecular flexibility index (Phi) is 4.75. The van der Waals surface area contributed by atoms with E-state index in [1.54, 1.807) is 12.1 Å². The molecule has 1 aromatic carbocycles. The van der Waals surface area contributed by atoms with Crippen LogP contribution in [0.2, 0.25) is 5.02 Å². The topological polar surface area (TPSA) is 73.9 Å². The van der Waals surface area contributed by atoms with Crippen LogP contribution in [0.5, 0.6) is 11.5 Å². The number of benzene rings is 1. The summed E-state index contributed by atoms with van der Waals surface area (Å²) in [5, 5.41) is 11.0. The lowest BCUT2D eigenvalue weighted by atomic mass is 9.78. The Morgan fingerprint density at radius 2 is 2.20 bits per heavy atom. The van der Waals surface area contributed by atoms with Crippen LogP contribution in [0.15, 0.2) is 12.1 Å². The summed E-state index contributed by atoms with van der Waals surface area (Å²) in [6, 6.07) is 3.47. The number of hydrogen-bond donors (Lipinski definition) is 2. The maximum absolute atomic E-state index is 10.7. The molecule has 0 radical (unpaired) electrons. The molecule has 1 fully saturated rings. The van der Waals surface area contributed by atoms with Crippen LogP contribution in [0.25, 0.3) is 0 Å². The SMILES string of the molecule is COc1ccc(C(O)C2(CN)CCOC2)c(Cl)c1OC. The van der Waals surface area contributed by atoms with Crippen molar-refractivity contribution in [3.05, 3.63) is 22.7 Å². The summed E-state index contributed by atoms with van der Waals surface area (Å²) in [6.45, 7) is 1.35. The summed E-state index contributed by atoms with van der Waals surface area (Å²) in [7, 11) is 3.05. The Balaban J connectivity index is 2.42. The fourth-order valence-electron chi connectivity index (χ4n) is 2.56. The van der Waals surface area contributed by atoms with E-state index in [9.17, 15) is 5.11 Å². The molecular weight excluding hydrogens is 282 g/mol. The second-order valence-corrected chi connectivity index (χ2v) is 5.35. The molecule has 0 bridgehead atoms. The molecule has 2 atom stereocenters. The molecule has 0 amide bonds. The van der Waals surface area contributed by atoms with Gasteiger partial charge in [0.2, 0.25) is 0 Å². The maximum atomic E-state index is 10.7. The summed E-state index contributed by atoms with van der Waals surface area (Å²) in [4.78, 5) is 0. The Hall–Kier alpha value is -1.01. The average molecular weight is 302 g/mol. The monoisotopic (exact) mass is 301 g/mol. The van der Waals surface area contributed by atoms with E-state index in [1.165, 1.54) is 14.2 Å². The van der Waals surface area contributed by atoms with Crippen molar-refractivity contribution >= 4 is 11.6 Å². The molecule has 0 aliphatic carbocycles. The van der Waals surface area contributed by atoms with E-state index < -0.39 is 11.5 Å². The van der Waals surface area contributed by atoms with Gasteiger partial charge in [-0.2, -0.15) is 0 Å². The number of nitrogens with two attached hydrogens (primary N) is 1. The third kappa shape index (κ3) is 2.46. The molecule has 0 aromatic heterocycles. The van der Waals surface area contributed by atoms with Crippen LogP contribution in [-0.4, -0.2) is 39.1 Å².